The molecule has 4 nitrogen and oxygen atoms in total. The first kappa shape index (κ1) is 21.7. The van der Waals surface area contributed by atoms with E-state index in [1.54, 1.807) is 0 Å². The molecule has 0 atom stereocenters. The molecule has 3 rings (SSSR count). The molecule has 0 fully saturated rings. The van der Waals surface area contributed by atoms with E-state index >= 15 is 0 Å². The predicted molar refractivity (Wildman–Crippen MR) is 126 cm³/mol. The molecule has 0 saturated heterocycles. The number of halogens is 1. The number of aliphatic imine (C=N–C) groups is 1. The van der Waals surface area contributed by atoms with E-state index in [0.717, 1.165) is 25.2 Å². The number of guanidine groups is 1. The van der Waals surface area contributed by atoms with Gasteiger partial charge in [-0.15, -0.1) is 24.0 Å². The second-order valence-corrected chi connectivity index (χ2v) is 7.13. The first-order valence-corrected chi connectivity index (χ1v) is 9.59. The Morgan fingerprint density at radius 2 is 1.85 bits per heavy atom. The van der Waals surface area contributed by atoms with E-state index in [2.05, 4.69) is 71.6 Å². The highest BCUT2D eigenvalue weighted by atomic mass is 127. The van der Waals surface area contributed by atoms with Crippen molar-refractivity contribution >= 4 is 35.6 Å². The second-order valence-electron chi connectivity index (χ2n) is 7.13. The Bertz CT molecular complexity index is 773. The van der Waals surface area contributed by atoms with Crippen LogP contribution in [0.15, 0.2) is 47.5 Å². The molecule has 146 valence electrons. The van der Waals surface area contributed by atoms with Crippen LogP contribution in [0.1, 0.15) is 42.0 Å². The largest absolute Gasteiger partial charge is 0.370 e. The highest BCUT2D eigenvalue weighted by molar-refractivity contribution is 14.0. The molecular formula is C22H31IN4. The Kier molecular flexibility index (Phi) is 8.57. The maximum atomic E-state index is 6.16. The van der Waals surface area contributed by atoms with Crippen LogP contribution < -0.4 is 11.1 Å². The Balaban J connectivity index is 0.00000261. The maximum Gasteiger partial charge on any atom is 0.193 e. The van der Waals surface area contributed by atoms with E-state index in [-0.39, 0.29) is 24.0 Å². The van der Waals surface area contributed by atoms with Crippen LogP contribution in [0.2, 0.25) is 0 Å². The zero-order valence-electron chi connectivity index (χ0n) is 16.4. The second kappa shape index (κ2) is 10.7. The minimum Gasteiger partial charge on any atom is -0.370 e. The van der Waals surface area contributed by atoms with Gasteiger partial charge >= 0.3 is 0 Å². The molecule has 0 aliphatic heterocycles. The van der Waals surface area contributed by atoms with Crippen molar-refractivity contribution in [2.45, 2.75) is 45.7 Å². The lowest BCUT2D eigenvalue weighted by Crippen LogP contribution is -2.24. The zero-order valence-corrected chi connectivity index (χ0v) is 18.7. The minimum absolute atomic E-state index is 0. The topological polar surface area (TPSA) is 53.6 Å². The van der Waals surface area contributed by atoms with Crippen LogP contribution in [0.3, 0.4) is 0 Å². The lowest BCUT2D eigenvalue weighted by molar-refractivity contribution is 0.345. The van der Waals surface area contributed by atoms with Crippen LogP contribution in [-0.2, 0) is 25.9 Å². The molecule has 0 radical (unpaired) electrons. The number of benzene rings is 2. The Morgan fingerprint density at radius 1 is 1.11 bits per heavy atom. The molecule has 0 heterocycles. The molecule has 0 amide bonds. The van der Waals surface area contributed by atoms with Gasteiger partial charge in [-0.1, -0.05) is 43.3 Å². The number of fused-ring (bicyclic) bond motifs is 1. The molecule has 0 saturated carbocycles. The molecule has 0 unspecified atom stereocenters. The van der Waals surface area contributed by atoms with Gasteiger partial charge in [-0.05, 0) is 67.6 Å². The summed E-state index contributed by atoms with van der Waals surface area (Å²) in [5.74, 6) is 0.486. The number of aryl methyl sites for hydroxylation is 1. The fourth-order valence-electron chi connectivity index (χ4n) is 3.50. The highest BCUT2D eigenvalue weighted by Gasteiger charge is 2.13. The van der Waals surface area contributed by atoms with Gasteiger partial charge in [0.2, 0.25) is 0 Å². The molecule has 2 aromatic carbocycles. The molecule has 0 bridgehead atoms. The monoisotopic (exact) mass is 478 g/mol. The molecule has 1 aliphatic carbocycles. The average molecular weight is 478 g/mol. The Morgan fingerprint density at radius 3 is 2.67 bits per heavy atom. The van der Waals surface area contributed by atoms with E-state index < -0.39 is 0 Å². The third-order valence-corrected chi connectivity index (χ3v) is 5.07. The average Bonchev–Trinajstić information content (AvgIpc) is 2.67. The van der Waals surface area contributed by atoms with Gasteiger partial charge in [-0.25, -0.2) is 4.99 Å². The summed E-state index contributed by atoms with van der Waals surface area (Å²) in [4.78, 5) is 6.84. The molecule has 0 aromatic heterocycles. The summed E-state index contributed by atoms with van der Waals surface area (Å²) in [5.41, 5.74) is 12.6. The number of nitrogens with two attached hydrogens (primary N) is 1. The molecule has 1 aliphatic rings. The first-order chi connectivity index (χ1) is 12.7. The van der Waals surface area contributed by atoms with Gasteiger partial charge in [0.05, 0.1) is 6.54 Å². The van der Waals surface area contributed by atoms with Crippen molar-refractivity contribution in [3.8, 4) is 0 Å². The third-order valence-electron chi connectivity index (χ3n) is 5.07. The molecule has 2 aromatic rings. The van der Waals surface area contributed by atoms with Crippen LogP contribution in [-0.4, -0.2) is 24.5 Å². The van der Waals surface area contributed by atoms with Crippen molar-refractivity contribution in [2.75, 3.05) is 18.9 Å². The number of nitrogens with zero attached hydrogens (tertiary/aromatic N) is 2. The highest BCUT2D eigenvalue weighted by Crippen LogP contribution is 2.27. The van der Waals surface area contributed by atoms with E-state index in [1.807, 2.05) is 0 Å². The van der Waals surface area contributed by atoms with Crippen LogP contribution in [0.25, 0.3) is 0 Å². The minimum atomic E-state index is 0. The number of rotatable bonds is 6. The van der Waals surface area contributed by atoms with Gasteiger partial charge in [-0.2, -0.15) is 0 Å². The summed E-state index contributed by atoms with van der Waals surface area (Å²) in [6.07, 6.45) is 4.82. The first-order valence-electron chi connectivity index (χ1n) is 9.59. The van der Waals surface area contributed by atoms with E-state index in [0.29, 0.717) is 12.5 Å². The summed E-state index contributed by atoms with van der Waals surface area (Å²) >= 11 is 0. The maximum absolute atomic E-state index is 6.16. The van der Waals surface area contributed by atoms with Crippen molar-refractivity contribution < 1.29 is 0 Å². The van der Waals surface area contributed by atoms with Crippen molar-refractivity contribution in [3.63, 3.8) is 0 Å². The van der Waals surface area contributed by atoms with E-state index in [9.17, 15) is 0 Å². The Labute approximate surface area is 180 Å². The zero-order chi connectivity index (χ0) is 18.4. The van der Waals surface area contributed by atoms with Crippen LogP contribution in [0, 0.1) is 0 Å². The van der Waals surface area contributed by atoms with Crippen LogP contribution >= 0.6 is 24.0 Å². The molecule has 0 spiro atoms. The molecule has 3 N–H and O–H groups in total. The molecule has 5 heteroatoms. The Hall–Kier alpha value is -1.60. The summed E-state index contributed by atoms with van der Waals surface area (Å²) in [6, 6.07) is 15.0. The van der Waals surface area contributed by atoms with Gasteiger partial charge in [0.25, 0.3) is 0 Å². The van der Waals surface area contributed by atoms with Crippen LogP contribution in [0.5, 0.6) is 0 Å². The van der Waals surface area contributed by atoms with Crippen molar-refractivity contribution in [3.05, 3.63) is 64.7 Å². The van der Waals surface area contributed by atoms with Gasteiger partial charge < -0.3 is 16.0 Å². The SMILES string of the molecule is CCN(C)Cc1cccc(CN=C(N)Nc2cccc3c2CCCC3)c1.I. The normalized spacial score (nSPS) is 13.8. The standard InChI is InChI=1S/C22H30N4.HI/c1-3-26(2)16-18-9-6-8-17(14-18)15-24-22(23)25-21-13-7-11-19-10-4-5-12-20(19)21;/h6-9,11,13-14H,3-5,10,12,15-16H2,1-2H3,(H3,23,24,25);1H. The van der Waals surface area contributed by atoms with Gasteiger partial charge in [0.15, 0.2) is 5.96 Å². The van der Waals surface area contributed by atoms with E-state index in [1.165, 1.54) is 41.5 Å². The quantitative estimate of drug-likeness (QED) is 0.364. The van der Waals surface area contributed by atoms with Crippen molar-refractivity contribution in [1.29, 1.82) is 0 Å². The third kappa shape index (κ3) is 6.21. The van der Waals surface area contributed by atoms with Gasteiger partial charge in [-0.3, -0.25) is 0 Å². The summed E-state index contributed by atoms with van der Waals surface area (Å²) < 4.78 is 0. The lowest BCUT2D eigenvalue weighted by atomic mass is 9.90. The number of nitrogens with one attached hydrogen (secondary N) is 1. The predicted octanol–water partition coefficient (Wildman–Crippen LogP) is 4.56. The van der Waals surface area contributed by atoms with Crippen molar-refractivity contribution in [1.82, 2.24) is 4.90 Å². The molecular weight excluding hydrogens is 447 g/mol. The van der Waals surface area contributed by atoms with E-state index in [4.69, 9.17) is 5.73 Å². The fraction of sp³-hybridized carbons (Fsp3) is 0.409. The number of anilines is 1. The lowest BCUT2D eigenvalue weighted by Gasteiger charge is -2.19. The summed E-state index contributed by atoms with van der Waals surface area (Å²) in [5, 5.41) is 3.32. The number of hydrogen-bond donors (Lipinski definition) is 2. The number of hydrogen-bond acceptors (Lipinski definition) is 2. The van der Waals surface area contributed by atoms with Crippen molar-refractivity contribution in [2.24, 2.45) is 10.7 Å². The summed E-state index contributed by atoms with van der Waals surface area (Å²) in [7, 11) is 2.13. The van der Waals surface area contributed by atoms with Gasteiger partial charge in [0.1, 0.15) is 0 Å². The summed E-state index contributed by atoms with van der Waals surface area (Å²) in [6.45, 7) is 4.76. The smallest absolute Gasteiger partial charge is 0.193 e. The van der Waals surface area contributed by atoms with Crippen LogP contribution in [0.4, 0.5) is 5.69 Å². The molecule has 27 heavy (non-hydrogen) atoms. The van der Waals surface area contributed by atoms with Gasteiger partial charge in [0, 0.05) is 12.2 Å². The fourth-order valence-corrected chi connectivity index (χ4v) is 3.50.